The Morgan fingerprint density at radius 3 is 2.66 bits per heavy atom. The highest BCUT2D eigenvalue weighted by Crippen LogP contribution is 2.29. The van der Waals surface area contributed by atoms with Crippen LogP contribution in [0.2, 0.25) is 5.02 Å². The lowest BCUT2D eigenvalue weighted by Gasteiger charge is -2.15. The van der Waals surface area contributed by atoms with Gasteiger partial charge in [-0.2, -0.15) is 0 Å². The van der Waals surface area contributed by atoms with Gasteiger partial charge in [-0.3, -0.25) is 10.1 Å². The molecule has 1 N–H and O–H groups in total. The summed E-state index contributed by atoms with van der Waals surface area (Å²) in [4.78, 5) is 23.5. The number of thioether (sulfide) groups is 1. The molecule has 0 fully saturated rings. The Hall–Kier alpha value is -2.97. The van der Waals surface area contributed by atoms with Gasteiger partial charge >= 0.3 is 12.1 Å². The fourth-order valence-corrected chi connectivity index (χ4v) is 4.03. The number of hydrogen-bond donors (Lipinski definition) is 1. The molecule has 1 atom stereocenters. The van der Waals surface area contributed by atoms with Gasteiger partial charge in [-0.05, 0) is 30.7 Å². The molecule has 1 aromatic heterocycles. The Morgan fingerprint density at radius 2 is 1.94 bits per heavy atom. The number of carbonyl (C=O) groups is 2. The van der Waals surface area contributed by atoms with E-state index in [1.807, 2.05) is 36.4 Å². The van der Waals surface area contributed by atoms with E-state index in [1.54, 1.807) is 19.1 Å². The zero-order chi connectivity index (χ0) is 22.9. The molecule has 3 aromatic rings. The summed E-state index contributed by atoms with van der Waals surface area (Å²) in [5, 5.41) is 7.21. The topological polar surface area (TPSA) is 90.7 Å². The summed E-state index contributed by atoms with van der Waals surface area (Å²) in [6.45, 7) is 1.75. The lowest BCUT2D eigenvalue weighted by molar-refractivity contribution is -0.137. The van der Waals surface area contributed by atoms with Gasteiger partial charge in [-0.1, -0.05) is 59.2 Å². The van der Waals surface area contributed by atoms with Crippen molar-refractivity contribution in [1.82, 2.24) is 5.16 Å². The van der Waals surface area contributed by atoms with Crippen LogP contribution in [0.15, 0.2) is 59.3 Å². The molecule has 0 radical (unpaired) electrons. The minimum absolute atomic E-state index is 0.226. The highest BCUT2D eigenvalue weighted by molar-refractivity contribution is 7.99. The van der Waals surface area contributed by atoms with Crippen LogP contribution >= 0.6 is 23.4 Å². The van der Waals surface area contributed by atoms with Crippen molar-refractivity contribution in [2.45, 2.75) is 19.4 Å². The Balaban J connectivity index is 1.57. The summed E-state index contributed by atoms with van der Waals surface area (Å²) in [5.74, 6) is 0.921. The molecule has 7 nitrogen and oxygen atoms in total. The fourth-order valence-electron chi connectivity index (χ4n) is 2.94. The van der Waals surface area contributed by atoms with Crippen LogP contribution in [0.25, 0.3) is 11.3 Å². The predicted molar refractivity (Wildman–Crippen MR) is 125 cm³/mol. The smallest absolute Gasteiger partial charge is 0.412 e. The highest BCUT2D eigenvalue weighted by atomic mass is 35.5. The van der Waals surface area contributed by atoms with E-state index in [1.165, 1.54) is 25.1 Å². The summed E-state index contributed by atoms with van der Waals surface area (Å²) in [6.07, 6.45) is 1.01. The molecule has 168 valence electrons. The largest absolute Gasteiger partial charge is 0.468 e. The van der Waals surface area contributed by atoms with Crippen molar-refractivity contribution in [1.29, 1.82) is 0 Å². The molecule has 1 amide bonds. The molecule has 3 rings (SSSR count). The van der Waals surface area contributed by atoms with Crippen molar-refractivity contribution < 1.29 is 23.6 Å². The third-order valence-electron chi connectivity index (χ3n) is 4.64. The van der Waals surface area contributed by atoms with Crippen molar-refractivity contribution >= 4 is 41.1 Å². The van der Waals surface area contributed by atoms with Crippen LogP contribution in [-0.4, -0.2) is 35.8 Å². The molecular weight excluding hydrogens is 452 g/mol. The van der Waals surface area contributed by atoms with Gasteiger partial charge in [0.2, 0.25) is 0 Å². The third-order valence-corrected chi connectivity index (χ3v) is 5.92. The number of benzene rings is 2. The average molecular weight is 475 g/mol. The maximum atomic E-state index is 12.4. The van der Waals surface area contributed by atoms with Gasteiger partial charge in [0, 0.05) is 16.1 Å². The van der Waals surface area contributed by atoms with Gasteiger partial charge in [0.15, 0.2) is 0 Å². The van der Waals surface area contributed by atoms with E-state index in [9.17, 15) is 9.59 Å². The van der Waals surface area contributed by atoms with Gasteiger partial charge in [0.1, 0.15) is 23.7 Å². The normalized spacial score (nSPS) is 11.6. The summed E-state index contributed by atoms with van der Waals surface area (Å²) in [5.41, 5.74) is 3.54. The molecule has 9 heteroatoms. The van der Waals surface area contributed by atoms with E-state index in [2.05, 4.69) is 15.2 Å². The quantitative estimate of drug-likeness (QED) is 0.311. The third kappa shape index (κ3) is 6.51. The van der Waals surface area contributed by atoms with Crippen molar-refractivity contribution in [3.8, 4) is 11.3 Å². The van der Waals surface area contributed by atoms with Crippen molar-refractivity contribution in [2.75, 3.05) is 23.9 Å². The minimum Gasteiger partial charge on any atom is -0.468 e. The summed E-state index contributed by atoms with van der Waals surface area (Å²) in [6, 6.07) is 15.0. The van der Waals surface area contributed by atoms with E-state index >= 15 is 0 Å². The molecule has 2 aromatic carbocycles. The fraction of sp³-hybridized carbons (Fsp3) is 0.261. The highest BCUT2D eigenvalue weighted by Gasteiger charge is 2.18. The average Bonchev–Trinajstić information content (AvgIpc) is 3.25. The second kappa shape index (κ2) is 11.6. The summed E-state index contributed by atoms with van der Waals surface area (Å²) >= 11 is 7.69. The number of nitrogens with zero attached hydrogens (tertiary/aromatic N) is 1. The SMILES string of the molecule is COC(=O)CSCCc1ccc(-c2nocc2NC(=O)OC(C)c2ccccc2Cl)cc1. The molecule has 1 heterocycles. The molecule has 0 aliphatic heterocycles. The van der Waals surface area contributed by atoms with Gasteiger partial charge in [0.25, 0.3) is 0 Å². The number of ether oxygens (including phenoxy) is 2. The Morgan fingerprint density at radius 1 is 1.19 bits per heavy atom. The van der Waals surface area contributed by atoms with E-state index in [-0.39, 0.29) is 5.97 Å². The number of aryl methyl sites for hydroxylation is 1. The number of aromatic nitrogens is 1. The summed E-state index contributed by atoms with van der Waals surface area (Å²) in [7, 11) is 1.38. The van der Waals surface area contributed by atoms with Gasteiger partial charge in [-0.25, -0.2) is 4.79 Å². The zero-order valence-electron chi connectivity index (χ0n) is 17.7. The number of amides is 1. The molecule has 1 unspecified atom stereocenters. The maximum Gasteiger partial charge on any atom is 0.412 e. The van der Waals surface area contributed by atoms with Crippen LogP contribution in [0.1, 0.15) is 24.2 Å². The number of hydrogen-bond acceptors (Lipinski definition) is 7. The number of esters is 1. The molecule has 0 spiro atoms. The Kier molecular flexibility index (Phi) is 8.58. The van der Waals surface area contributed by atoms with E-state index in [0.717, 1.165) is 28.9 Å². The van der Waals surface area contributed by atoms with Gasteiger partial charge < -0.3 is 14.0 Å². The Labute approximate surface area is 195 Å². The minimum atomic E-state index is -0.638. The number of halogens is 1. The molecule has 0 saturated heterocycles. The number of carbonyl (C=O) groups excluding carboxylic acids is 2. The van der Waals surface area contributed by atoms with Crippen molar-refractivity contribution in [3.05, 3.63) is 70.9 Å². The monoisotopic (exact) mass is 474 g/mol. The lowest BCUT2D eigenvalue weighted by Crippen LogP contribution is -2.16. The van der Waals surface area contributed by atoms with Crippen LogP contribution in [0.5, 0.6) is 0 Å². The van der Waals surface area contributed by atoms with Crippen LogP contribution in [0.3, 0.4) is 0 Å². The van der Waals surface area contributed by atoms with Crippen LogP contribution in [-0.2, 0) is 20.7 Å². The maximum absolute atomic E-state index is 12.4. The molecule has 0 bridgehead atoms. The molecule has 32 heavy (non-hydrogen) atoms. The Bertz CT molecular complexity index is 1050. The molecule has 0 aliphatic carbocycles. The number of rotatable bonds is 9. The van der Waals surface area contributed by atoms with Gasteiger partial charge in [0.05, 0.1) is 12.9 Å². The van der Waals surface area contributed by atoms with E-state index < -0.39 is 12.2 Å². The van der Waals surface area contributed by atoms with Gasteiger partial charge in [-0.15, -0.1) is 11.8 Å². The first-order valence-electron chi connectivity index (χ1n) is 9.88. The number of methoxy groups -OCH3 is 1. The molecule has 0 aliphatic rings. The lowest BCUT2D eigenvalue weighted by atomic mass is 10.1. The first-order valence-corrected chi connectivity index (χ1v) is 11.4. The molecular formula is C23H23ClN2O5S. The zero-order valence-corrected chi connectivity index (χ0v) is 19.2. The predicted octanol–water partition coefficient (Wildman–Crippen LogP) is 5.75. The second-order valence-electron chi connectivity index (χ2n) is 6.85. The molecule has 0 saturated carbocycles. The first kappa shape index (κ1) is 23.7. The van der Waals surface area contributed by atoms with E-state index in [0.29, 0.717) is 22.2 Å². The standard InChI is InChI=1S/C23H23ClN2O5S/c1-15(18-5-3-4-6-19(18)24)31-23(28)25-20-13-30-26-22(20)17-9-7-16(8-10-17)11-12-32-14-21(27)29-2/h3-10,13,15H,11-12,14H2,1-2H3,(H,25,28). The number of anilines is 1. The first-order chi connectivity index (χ1) is 15.5. The van der Waals surface area contributed by atoms with Crippen molar-refractivity contribution in [2.24, 2.45) is 0 Å². The van der Waals surface area contributed by atoms with Crippen LogP contribution in [0, 0.1) is 0 Å². The van der Waals surface area contributed by atoms with E-state index in [4.69, 9.17) is 20.9 Å². The number of nitrogens with one attached hydrogen (secondary N) is 1. The van der Waals surface area contributed by atoms with Crippen LogP contribution in [0.4, 0.5) is 10.5 Å². The van der Waals surface area contributed by atoms with Crippen molar-refractivity contribution in [3.63, 3.8) is 0 Å². The summed E-state index contributed by atoms with van der Waals surface area (Å²) < 4.78 is 15.1. The second-order valence-corrected chi connectivity index (χ2v) is 8.36. The van der Waals surface area contributed by atoms with Crippen LogP contribution < -0.4 is 5.32 Å².